The Bertz CT molecular complexity index is 404. The summed E-state index contributed by atoms with van der Waals surface area (Å²) < 4.78 is 6.22. The highest BCUT2D eigenvalue weighted by atomic mass is 33.1. The van der Waals surface area contributed by atoms with Crippen LogP contribution in [0.5, 0.6) is 0 Å². The minimum absolute atomic E-state index is 1.27. The molecule has 0 amide bonds. The summed E-state index contributed by atoms with van der Waals surface area (Å²) in [6.07, 6.45) is 2.54. The van der Waals surface area contributed by atoms with Crippen LogP contribution in [-0.2, 0) is 0 Å². The van der Waals surface area contributed by atoms with Gasteiger partial charge in [-0.3, -0.25) is 0 Å². The van der Waals surface area contributed by atoms with Crippen LogP contribution in [-0.4, -0.2) is 11.5 Å². The van der Waals surface area contributed by atoms with E-state index in [4.69, 9.17) is 0 Å². The van der Waals surface area contributed by atoms with Crippen LogP contribution in [0.2, 0.25) is 0 Å². The molecule has 0 saturated carbocycles. The molecule has 0 aromatic rings. The molecule has 0 nitrogen and oxygen atoms in total. The van der Waals surface area contributed by atoms with E-state index < -0.39 is 0 Å². The highest BCUT2D eigenvalue weighted by Gasteiger charge is 2.32. The van der Waals surface area contributed by atoms with E-state index in [-0.39, 0.29) is 0 Å². The molecular formula is C10H8S8. The van der Waals surface area contributed by atoms with Gasteiger partial charge in [0.05, 0.1) is 16.9 Å². The number of rotatable bonds is 0. The fourth-order valence-corrected chi connectivity index (χ4v) is 14.0. The van der Waals surface area contributed by atoms with Gasteiger partial charge in [-0.05, 0) is 34.4 Å². The molecule has 0 fully saturated rings. The second-order valence-corrected chi connectivity index (χ2v) is 13.9. The van der Waals surface area contributed by atoms with Crippen molar-refractivity contribution in [3.05, 3.63) is 26.8 Å². The minimum atomic E-state index is 1.27. The van der Waals surface area contributed by atoms with Crippen LogP contribution < -0.4 is 0 Å². The van der Waals surface area contributed by atoms with Crippen molar-refractivity contribution in [1.29, 1.82) is 0 Å². The van der Waals surface area contributed by atoms with Crippen molar-refractivity contribution in [2.45, 2.75) is 12.8 Å². The normalized spacial score (nSPS) is 32.0. The van der Waals surface area contributed by atoms with Crippen molar-refractivity contribution < 1.29 is 0 Å². The van der Waals surface area contributed by atoms with E-state index >= 15 is 0 Å². The molecule has 4 aliphatic heterocycles. The molecule has 0 aliphatic carbocycles. The van der Waals surface area contributed by atoms with Gasteiger partial charge in [-0.25, -0.2) is 0 Å². The summed E-state index contributed by atoms with van der Waals surface area (Å²) in [5.74, 6) is 2.56. The van der Waals surface area contributed by atoms with Crippen LogP contribution in [0.25, 0.3) is 0 Å². The number of hydrogen-bond acceptors (Lipinski definition) is 8. The SMILES string of the molecule is C1CC2=C(SS1)SC(=C1SC3=C(SSCC3)S1)S2. The van der Waals surface area contributed by atoms with E-state index in [0.717, 1.165) is 0 Å². The topological polar surface area (TPSA) is 0 Å². The molecular weight excluding hydrogens is 377 g/mol. The van der Waals surface area contributed by atoms with Crippen LogP contribution in [0.1, 0.15) is 12.8 Å². The molecule has 96 valence electrons. The largest absolute Gasteiger partial charge is 0.0880 e. The van der Waals surface area contributed by atoms with Gasteiger partial charge in [-0.2, -0.15) is 0 Å². The first-order valence-corrected chi connectivity index (χ1v) is 13.3. The molecule has 0 saturated heterocycles. The monoisotopic (exact) mass is 384 g/mol. The van der Waals surface area contributed by atoms with Crippen LogP contribution in [0, 0.1) is 0 Å². The molecule has 8 heteroatoms. The summed E-state index contributed by atoms with van der Waals surface area (Å²) in [5, 5.41) is 0. The zero-order valence-corrected chi connectivity index (χ0v) is 15.6. The third-order valence-corrected chi connectivity index (χ3v) is 14.4. The van der Waals surface area contributed by atoms with Crippen molar-refractivity contribution in [2.24, 2.45) is 0 Å². The quantitative estimate of drug-likeness (QED) is 0.405. The summed E-state index contributed by atoms with van der Waals surface area (Å²) in [6.45, 7) is 0. The molecule has 0 radical (unpaired) electrons. The molecule has 18 heavy (non-hydrogen) atoms. The summed E-state index contributed by atoms with van der Waals surface area (Å²) in [7, 11) is 7.98. The predicted octanol–water partition coefficient (Wildman–Crippen LogP) is 6.98. The molecule has 0 aromatic heterocycles. The van der Waals surface area contributed by atoms with E-state index in [0.29, 0.717) is 0 Å². The van der Waals surface area contributed by atoms with Gasteiger partial charge in [0.15, 0.2) is 0 Å². The molecule has 0 spiro atoms. The molecule has 0 atom stereocenters. The van der Waals surface area contributed by atoms with E-state index in [2.05, 4.69) is 0 Å². The molecule has 0 unspecified atom stereocenters. The summed E-state index contributed by atoms with van der Waals surface area (Å²) >= 11 is 8.12. The van der Waals surface area contributed by atoms with E-state index in [1.807, 2.05) is 90.2 Å². The molecule has 0 N–H and O–H groups in total. The van der Waals surface area contributed by atoms with Gasteiger partial charge < -0.3 is 0 Å². The second kappa shape index (κ2) is 6.02. The zero-order valence-electron chi connectivity index (χ0n) is 9.09. The Morgan fingerprint density at radius 2 is 1.06 bits per heavy atom. The van der Waals surface area contributed by atoms with E-state index in [9.17, 15) is 0 Å². The average Bonchev–Trinajstić information content (AvgIpc) is 3.02. The van der Waals surface area contributed by atoms with Crippen molar-refractivity contribution in [1.82, 2.24) is 0 Å². The Balaban J connectivity index is 1.54. The molecule has 0 bridgehead atoms. The lowest BCUT2D eigenvalue weighted by Crippen LogP contribution is -1.84. The Kier molecular flexibility index (Phi) is 4.57. The van der Waals surface area contributed by atoms with Gasteiger partial charge in [0.2, 0.25) is 0 Å². The summed E-state index contributed by atoms with van der Waals surface area (Å²) in [5.41, 5.74) is 0. The Morgan fingerprint density at radius 3 is 1.50 bits per heavy atom. The van der Waals surface area contributed by atoms with Crippen molar-refractivity contribution in [3.63, 3.8) is 0 Å². The first kappa shape index (κ1) is 13.7. The Morgan fingerprint density at radius 1 is 0.556 bits per heavy atom. The Labute approximate surface area is 140 Å². The first-order chi connectivity index (χ1) is 8.90. The van der Waals surface area contributed by atoms with Crippen LogP contribution in [0.4, 0.5) is 0 Å². The number of thioether (sulfide) groups is 4. The fraction of sp³-hybridized carbons (Fsp3) is 0.400. The average molecular weight is 385 g/mol. The van der Waals surface area contributed by atoms with Gasteiger partial charge >= 0.3 is 0 Å². The van der Waals surface area contributed by atoms with Gasteiger partial charge in [0.25, 0.3) is 0 Å². The maximum Gasteiger partial charge on any atom is 0.0709 e. The third kappa shape index (κ3) is 2.69. The lowest BCUT2D eigenvalue weighted by atomic mass is 10.5. The predicted molar refractivity (Wildman–Crippen MR) is 101 cm³/mol. The highest BCUT2D eigenvalue weighted by Crippen LogP contribution is 2.67. The number of hydrogen-bond donors (Lipinski definition) is 0. The highest BCUT2D eigenvalue weighted by molar-refractivity contribution is 8.81. The van der Waals surface area contributed by atoms with Gasteiger partial charge in [0.1, 0.15) is 0 Å². The minimum Gasteiger partial charge on any atom is -0.0880 e. The van der Waals surface area contributed by atoms with Crippen molar-refractivity contribution in [3.8, 4) is 0 Å². The van der Waals surface area contributed by atoms with Crippen molar-refractivity contribution in [2.75, 3.05) is 11.5 Å². The zero-order chi connectivity index (χ0) is 11.9. The summed E-state index contributed by atoms with van der Waals surface area (Å²) in [6, 6.07) is 0. The van der Waals surface area contributed by atoms with Gasteiger partial charge in [0, 0.05) is 21.3 Å². The lowest BCUT2D eigenvalue weighted by Gasteiger charge is -2.08. The van der Waals surface area contributed by atoms with Gasteiger partial charge in [-0.1, -0.05) is 68.6 Å². The second-order valence-electron chi connectivity index (χ2n) is 3.72. The Hall–Kier alpha value is 2.02. The van der Waals surface area contributed by atoms with Crippen molar-refractivity contribution >= 4 is 90.2 Å². The third-order valence-electron chi connectivity index (χ3n) is 2.52. The van der Waals surface area contributed by atoms with E-state index in [1.165, 1.54) is 24.3 Å². The maximum atomic E-state index is 2.04. The molecule has 4 heterocycles. The first-order valence-electron chi connectivity index (χ1n) is 5.41. The molecule has 4 rings (SSSR count). The smallest absolute Gasteiger partial charge is 0.0709 e. The van der Waals surface area contributed by atoms with Crippen LogP contribution in [0.3, 0.4) is 0 Å². The van der Waals surface area contributed by atoms with Crippen LogP contribution >= 0.6 is 90.2 Å². The number of allylic oxidation sites excluding steroid dienone is 2. The van der Waals surface area contributed by atoms with Gasteiger partial charge in [-0.15, -0.1) is 0 Å². The summed E-state index contributed by atoms with van der Waals surface area (Å²) in [4.78, 5) is 3.25. The fourth-order valence-electron chi connectivity index (χ4n) is 1.69. The standard InChI is InChI=1S/C10H8S8/c1-3-11-17-7-5(1)13-9(15-7)10-14-6-2-4-12-18-8(6)16-10/h1-4H2. The van der Waals surface area contributed by atoms with E-state index in [1.54, 1.807) is 26.8 Å². The lowest BCUT2D eigenvalue weighted by molar-refractivity contribution is 1.23. The molecule has 4 aliphatic rings. The molecule has 0 aromatic carbocycles. The maximum absolute atomic E-state index is 2.04. The van der Waals surface area contributed by atoms with Crippen LogP contribution in [0.15, 0.2) is 26.8 Å².